The van der Waals surface area contributed by atoms with E-state index in [9.17, 15) is 4.79 Å². The Labute approximate surface area is 99.6 Å². The van der Waals surface area contributed by atoms with Crippen molar-refractivity contribution in [3.63, 3.8) is 0 Å². The maximum absolute atomic E-state index is 11.0. The highest BCUT2D eigenvalue weighted by atomic mass is 79.9. The number of rotatable bonds is 1. The third kappa shape index (κ3) is 1.98. The minimum absolute atomic E-state index is 0.253. The first-order valence-corrected chi connectivity index (χ1v) is 5.34. The number of hydrogen-bond acceptors (Lipinski definition) is 2. The monoisotopic (exact) mass is 287 g/mol. The van der Waals surface area contributed by atoms with E-state index in [1.807, 2.05) is 0 Å². The number of nitrogens with zero attached hydrogens (tertiary/aromatic N) is 1. The van der Waals surface area contributed by atoms with Crippen molar-refractivity contribution in [1.82, 2.24) is 5.32 Å². The fraction of sp³-hybridized carbons (Fsp3) is 0.111. The lowest BCUT2D eigenvalue weighted by molar-refractivity contribution is 0.250. The summed E-state index contributed by atoms with van der Waals surface area (Å²) in [6.07, 6.45) is 0. The number of nitrogens with one attached hydrogen (secondary N) is 1. The molecule has 0 fully saturated rings. The highest BCUT2D eigenvalue weighted by molar-refractivity contribution is 9.10. The molecular formula is C9H7BrClN3O. The van der Waals surface area contributed by atoms with Gasteiger partial charge in [0, 0.05) is 9.50 Å². The summed E-state index contributed by atoms with van der Waals surface area (Å²) >= 11 is 9.23. The van der Waals surface area contributed by atoms with Gasteiger partial charge in [-0.05, 0) is 23.8 Å². The summed E-state index contributed by atoms with van der Waals surface area (Å²) in [5.74, 6) is 0.253. The van der Waals surface area contributed by atoms with Gasteiger partial charge >= 0.3 is 6.03 Å². The van der Waals surface area contributed by atoms with E-state index in [0.29, 0.717) is 5.02 Å². The van der Waals surface area contributed by atoms with Crippen LogP contribution in [0.4, 0.5) is 4.79 Å². The topological polar surface area (TPSA) is 67.5 Å². The van der Waals surface area contributed by atoms with Gasteiger partial charge in [0.25, 0.3) is 0 Å². The molecule has 78 valence electrons. The Morgan fingerprint density at radius 2 is 2.27 bits per heavy atom. The Morgan fingerprint density at radius 1 is 1.53 bits per heavy atom. The van der Waals surface area contributed by atoms with Gasteiger partial charge in [0.2, 0.25) is 0 Å². The van der Waals surface area contributed by atoms with Crippen molar-refractivity contribution >= 4 is 39.4 Å². The van der Waals surface area contributed by atoms with E-state index in [2.05, 4.69) is 26.2 Å². The first kappa shape index (κ1) is 10.4. The summed E-state index contributed by atoms with van der Waals surface area (Å²) in [4.78, 5) is 14.6. The average Bonchev–Trinajstić information content (AvgIpc) is 2.50. The Hall–Kier alpha value is -1.07. The molecule has 3 N–H and O–H groups in total. The van der Waals surface area contributed by atoms with Crippen molar-refractivity contribution in [2.75, 3.05) is 0 Å². The lowest BCUT2D eigenvalue weighted by Crippen LogP contribution is -2.28. The van der Waals surface area contributed by atoms with E-state index >= 15 is 0 Å². The van der Waals surface area contributed by atoms with Gasteiger partial charge in [-0.3, -0.25) is 0 Å². The molecule has 0 saturated heterocycles. The number of amides is 2. The molecule has 0 aliphatic carbocycles. The van der Waals surface area contributed by atoms with Crippen molar-refractivity contribution in [2.24, 2.45) is 10.7 Å². The van der Waals surface area contributed by atoms with Crippen LogP contribution in [0.5, 0.6) is 0 Å². The molecule has 4 nitrogen and oxygen atoms in total. The molecule has 1 heterocycles. The van der Waals surface area contributed by atoms with Crippen LogP contribution < -0.4 is 11.1 Å². The van der Waals surface area contributed by atoms with Gasteiger partial charge in [-0.1, -0.05) is 27.5 Å². The highest BCUT2D eigenvalue weighted by Gasteiger charge is 2.26. The first-order chi connectivity index (χ1) is 7.08. The zero-order valence-electron chi connectivity index (χ0n) is 7.50. The van der Waals surface area contributed by atoms with Crippen LogP contribution in [0.3, 0.4) is 0 Å². The minimum atomic E-state index is -0.427. The number of aliphatic imine (C=N–C) groups is 1. The lowest BCUT2D eigenvalue weighted by atomic mass is 10.1. The summed E-state index contributed by atoms with van der Waals surface area (Å²) in [5.41, 5.74) is 6.42. The molecule has 1 aliphatic heterocycles. The number of urea groups is 1. The molecule has 1 aromatic carbocycles. The standard InChI is InChI=1S/C9H7BrClN3O/c10-6-2-1-4(11)3-5(6)7-8(12)14-9(15)13-7/h1-3,7H,(H3,12,13,14,15). The zero-order chi connectivity index (χ0) is 11.0. The molecule has 0 aromatic heterocycles. The van der Waals surface area contributed by atoms with Crippen LogP contribution in [-0.2, 0) is 0 Å². The third-order valence-electron chi connectivity index (χ3n) is 2.06. The fourth-order valence-corrected chi connectivity index (χ4v) is 2.04. The summed E-state index contributed by atoms with van der Waals surface area (Å²) in [6, 6.07) is 4.47. The second-order valence-electron chi connectivity index (χ2n) is 3.09. The largest absolute Gasteiger partial charge is 0.385 e. The number of nitrogens with two attached hydrogens (primary N) is 1. The number of carbonyl (C=O) groups excluding carboxylic acids is 1. The Bertz CT molecular complexity index is 461. The van der Waals surface area contributed by atoms with Gasteiger partial charge in [-0.25, -0.2) is 4.79 Å². The molecule has 2 amide bonds. The van der Waals surface area contributed by atoms with Crippen molar-refractivity contribution in [1.29, 1.82) is 0 Å². The highest BCUT2D eigenvalue weighted by Crippen LogP contribution is 2.28. The first-order valence-electron chi connectivity index (χ1n) is 4.17. The van der Waals surface area contributed by atoms with Crippen LogP contribution in [0.1, 0.15) is 11.6 Å². The molecular weight excluding hydrogens is 281 g/mol. The fourth-order valence-electron chi connectivity index (χ4n) is 1.38. The van der Waals surface area contributed by atoms with Crippen LogP contribution in [0, 0.1) is 0 Å². The number of benzene rings is 1. The van der Waals surface area contributed by atoms with Crippen LogP contribution in [-0.4, -0.2) is 11.9 Å². The summed E-state index contributed by atoms with van der Waals surface area (Å²) in [6.45, 7) is 0. The second kappa shape index (κ2) is 3.83. The van der Waals surface area contributed by atoms with Gasteiger partial charge in [0.1, 0.15) is 11.9 Å². The Kier molecular flexibility index (Phi) is 2.67. The SMILES string of the molecule is NC1=NC(=O)NC1c1cc(Cl)ccc1Br. The molecule has 0 radical (unpaired) electrons. The smallest absolute Gasteiger partial charge is 0.343 e. The Balaban J connectivity index is 2.42. The van der Waals surface area contributed by atoms with Crippen molar-refractivity contribution < 1.29 is 4.79 Å². The minimum Gasteiger partial charge on any atom is -0.385 e. The van der Waals surface area contributed by atoms with Gasteiger partial charge in [0.15, 0.2) is 0 Å². The molecule has 1 unspecified atom stereocenters. The molecule has 1 aliphatic rings. The quantitative estimate of drug-likeness (QED) is 0.832. The zero-order valence-corrected chi connectivity index (χ0v) is 9.84. The maximum atomic E-state index is 11.0. The van der Waals surface area contributed by atoms with Gasteiger partial charge in [0.05, 0.1) is 0 Å². The van der Waals surface area contributed by atoms with E-state index in [1.165, 1.54) is 0 Å². The van der Waals surface area contributed by atoms with E-state index in [0.717, 1.165) is 10.0 Å². The summed E-state index contributed by atoms with van der Waals surface area (Å²) in [7, 11) is 0. The molecule has 6 heteroatoms. The predicted octanol–water partition coefficient (Wildman–Crippen LogP) is 2.22. The average molecular weight is 289 g/mol. The summed E-state index contributed by atoms with van der Waals surface area (Å²) < 4.78 is 0.831. The number of halogens is 2. The number of hydrogen-bond donors (Lipinski definition) is 2. The van der Waals surface area contributed by atoms with Gasteiger partial charge in [-0.15, -0.1) is 0 Å². The van der Waals surface area contributed by atoms with E-state index < -0.39 is 12.1 Å². The molecule has 1 atom stereocenters. The van der Waals surface area contributed by atoms with E-state index in [4.69, 9.17) is 17.3 Å². The maximum Gasteiger partial charge on any atom is 0.343 e. The van der Waals surface area contributed by atoms with Crippen molar-refractivity contribution in [3.8, 4) is 0 Å². The van der Waals surface area contributed by atoms with Crippen LogP contribution >= 0.6 is 27.5 Å². The third-order valence-corrected chi connectivity index (χ3v) is 3.02. The molecule has 15 heavy (non-hydrogen) atoms. The lowest BCUT2D eigenvalue weighted by Gasteiger charge is -2.13. The summed E-state index contributed by atoms with van der Waals surface area (Å²) in [5, 5.41) is 3.22. The van der Waals surface area contributed by atoms with Gasteiger partial charge < -0.3 is 11.1 Å². The Morgan fingerprint density at radius 3 is 2.87 bits per heavy atom. The van der Waals surface area contributed by atoms with E-state index in [-0.39, 0.29) is 5.84 Å². The second-order valence-corrected chi connectivity index (χ2v) is 4.38. The van der Waals surface area contributed by atoms with Crippen LogP contribution in [0.25, 0.3) is 0 Å². The number of carbonyl (C=O) groups is 1. The molecule has 0 spiro atoms. The normalized spacial score (nSPS) is 20.0. The molecule has 0 saturated carbocycles. The number of amidine groups is 1. The molecule has 1 aromatic rings. The van der Waals surface area contributed by atoms with Crippen molar-refractivity contribution in [3.05, 3.63) is 33.3 Å². The molecule has 2 rings (SSSR count). The predicted molar refractivity (Wildman–Crippen MR) is 62.0 cm³/mol. The van der Waals surface area contributed by atoms with Crippen LogP contribution in [0.2, 0.25) is 5.02 Å². The van der Waals surface area contributed by atoms with E-state index in [1.54, 1.807) is 18.2 Å². The van der Waals surface area contributed by atoms with Crippen molar-refractivity contribution in [2.45, 2.75) is 6.04 Å². The molecule has 0 bridgehead atoms. The van der Waals surface area contributed by atoms with Crippen LogP contribution in [0.15, 0.2) is 27.7 Å². The van der Waals surface area contributed by atoms with Gasteiger partial charge in [-0.2, -0.15) is 4.99 Å².